The zero-order chi connectivity index (χ0) is 15.2. The van der Waals surface area contributed by atoms with Gasteiger partial charge in [-0.1, -0.05) is 6.07 Å². The van der Waals surface area contributed by atoms with Crippen LogP contribution in [0.5, 0.6) is 0 Å². The van der Waals surface area contributed by atoms with Crippen molar-refractivity contribution in [3.05, 3.63) is 29.3 Å². The molecule has 2 unspecified atom stereocenters. The normalized spacial score (nSPS) is 23.7. The molecule has 1 aliphatic carbocycles. The third-order valence-electron chi connectivity index (χ3n) is 3.64. The van der Waals surface area contributed by atoms with E-state index in [9.17, 15) is 22.8 Å². The number of amides is 2. The molecule has 2 aliphatic rings. The number of hydrogen-bond donors (Lipinski definition) is 1. The smallest absolute Gasteiger partial charge is 0.318 e. The highest BCUT2D eigenvalue weighted by molar-refractivity contribution is 5.95. The molecule has 1 aromatic carbocycles. The second-order valence-corrected chi connectivity index (χ2v) is 5.09. The molecule has 0 fully saturated rings. The van der Waals surface area contributed by atoms with Gasteiger partial charge in [0.15, 0.2) is 0 Å². The van der Waals surface area contributed by atoms with Crippen LogP contribution in [0.3, 0.4) is 0 Å². The molecule has 110 valence electrons. The van der Waals surface area contributed by atoms with E-state index < -0.39 is 12.1 Å². The fraction of sp³-hybridized carbons (Fsp3) is 0.385. The van der Waals surface area contributed by atoms with Crippen LogP contribution in [-0.2, 0) is 16.0 Å². The first-order valence-electron chi connectivity index (χ1n) is 6.29. The second kappa shape index (κ2) is 4.64. The van der Waals surface area contributed by atoms with E-state index in [1.54, 1.807) is 6.07 Å². The maximum atomic E-state index is 12.2. The van der Waals surface area contributed by atoms with E-state index >= 15 is 0 Å². The number of nitrogens with one attached hydrogen (secondary N) is 1. The van der Waals surface area contributed by atoms with Crippen LogP contribution in [-0.4, -0.2) is 18.0 Å². The Morgan fingerprint density at radius 2 is 2.05 bits per heavy atom. The van der Waals surface area contributed by atoms with Gasteiger partial charge >= 0.3 is 12.1 Å². The van der Waals surface area contributed by atoms with Gasteiger partial charge in [0.25, 0.3) is 5.91 Å². The van der Waals surface area contributed by atoms with Gasteiger partial charge in [0, 0.05) is 18.0 Å². The Balaban J connectivity index is 1.83. The summed E-state index contributed by atoms with van der Waals surface area (Å²) in [6.07, 6.45) is -4.10. The molecule has 1 heterocycles. The minimum Gasteiger partial charge on any atom is -0.318 e. The van der Waals surface area contributed by atoms with Gasteiger partial charge in [0.1, 0.15) is 6.04 Å². The Morgan fingerprint density at radius 3 is 2.76 bits per heavy atom. The highest BCUT2D eigenvalue weighted by atomic mass is 19.4. The van der Waals surface area contributed by atoms with Crippen LogP contribution in [0.1, 0.15) is 23.6 Å². The largest absolute Gasteiger partial charge is 0.471 e. The lowest BCUT2D eigenvalue weighted by molar-refractivity contribution is -0.167. The van der Waals surface area contributed by atoms with E-state index in [0.717, 1.165) is 11.1 Å². The van der Waals surface area contributed by atoms with Gasteiger partial charge in [0.2, 0.25) is 0 Å². The summed E-state index contributed by atoms with van der Waals surface area (Å²) in [5, 5.41) is 9.31. The summed E-state index contributed by atoms with van der Waals surface area (Å²) in [5.74, 6) is -2.29. The molecular formula is C13H10F3N3O2. The standard InChI is InChI=1S/C13H10F3N3O2/c14-13(15,16)12(21)17-8-1-2-9-6(4-8)3-7-5-10(20)18-19-11(7)9/h1-2,4,7,11H,3,5H2,(H,17,21). The molecule has 0 bridgehead atoms. The molecule has 0 aromatic heterocycles. The van der Waals surface area contributed by atoms with Crippen LogP contribution < -0.4 is 5.32 Å². The molecule has 3 rings (SSSR count). The van der Waals surface area contributed by atoms with Crippen LogP contribution in [0.2, 0.25) is 0 Å². The number of halogens is 3. The van der Waals surface area contributed by atoms with Gasteiger partial charge < -0.3 is 5.32 Å². The maximum absolute atomic E-state index is 12.2. The van der Waals surface area contributed by atoms with Crippen molar-refractivity contribution in [1.82, 2.24) is 0 Å². The lowest BCUT2D eigenvalue weighted by Crippen LogP contribution is -2.29. The monoisotopic (exact) mass is 297 g/mol. The zero-order valence-corrected chi connectivity index (χ0v) is 10.6. The molecule has 0 spiro atoms. The van der Waals surface area contributed by atoms with E-state index in [1.807, 2.05) is 5.32 Å². The third kappa shape index (κ3) is 2.53. The Kier molecular flexibility index (Phi) is 3.03. The van der Waals surface area contributed by atoms with Gasteiger partial charge in [-0.05, 0) is 29.7 Å². The number of benzene rings is 1. The van der Waals surface area contributed by atoms with E-state index in [-0.39, 0.29) is 30.0 Å². The highest BCUT2D eigenvalue weighted by Crippen LogP contribution is 2.43. The topological polar surface area (TPSA) is 70.9 Å². The number of rotatable bonds is 1. The minimum absolute atomic E-state index is 0.00133. The van der Waals surface area contributed by atoms with Gasteiger partial charge in [0.05, 0.1) is 0 Å². The van der Waals surface area contributed by atoms with Gasteiger partial charge in [-0.25, -0.2) is 0 Å². The predicted molar refractivity (Wildman–Crippen MR) is 65.5 cm³/mol. The fourth-order valence-electron chi connectivity index (χ4n) is 2.73. The molecule has 1 aromatic rings. The van der Waals surface area contributed by atoms with Crippen molar-refractivity contribution in [1.29, 1.82) is 0 Å². The molecule has 5 nitrogen and oxygen atoms in total. The highest BCUT2D eigenvalue weighted by Gasteiger charge is 2.40. The summed E-state index contributed by atoms with van der Waals surface area (Å²) in [7, 11) is 0. The van der Waals surface area contributed by atoms with E-state index in [1.165, 1.54) is 12.1 Å². The van der Waals surface area contributed by atoms with E-state index in [4.69, 9.17) is 0 Å². The summed E-state index contributed by atoms with van der Waals surface area (Å²) in [5.41, 5.74) is 1.72. The lowest BCUT2D eigenvalue weighted by Gasteiger charge is -2.17. The number of carbonyl (C=O) groups excluding carboxylic acids is 2. The first-order chi connectivity index (χ1) is 9.84. The molecule has 1 N–H and O–H groups in total. The molecule has 2 amide bonds. The van der Waals surface area contributed by atoms with Crippen molar-refractivity contribution >= 4 is 17.5 Å². The van der Waals surface area contributed by atoms with Gasteiger partial charge in [-0.3, -0.25) is 9.59 Å². The number of alkyl halides is 3. The Labute approximate surface area is 117 Å². The zero-order valence-electron chi connectivity index (χ0n) is 10.6. The molecule has 0 saturated heterocycles. The maximum Gasteiger partial charge on any atom is 0.471 e. The van der Waals surface area contributed by atoms with Crippen molar-refractivity contribution in [3.63, 3.8) is 0 Å². The number of azo groups is 1. The average molecular weight is 297 g/mol. The van der Waals surface area contributed by atoms with Crippen molar-refractivity contribution in [2.45, 2.75) is 25.1 Å². The molecule has 1 aliphatic heterocycles. The third-order valence-corrected chi connectivity index (χ3v) is 3.64. The van der Waals surface area contributed by atoms with E-state index in [0.29, 0.717) is 6.42 Å². The molecule has 0 radical (unpaired) electrons. The molecule has 0 saturated carbocycles. The van der Waals surface area contributed by atoms with E-state index in [2.05, 4.69) is 10.2 Å². The van der Waals surface area contributed by atoms with Crippen LogP contribution in [0.25, 0.3) is 0 Å². The number of nitrogens with zero attached hydrogens (tertiary/aromatic N) is 2. The molecular weight excluding hydrogens is 287 g/mol. The number of fused-ring (bicyclic) bond motifs is 3. The van der Waals surface area contributed by atoms with Crippen LogP contribution in [0.15, 0.2) is 28.4 Å². The number of anilines is 1. The van der Waals surface area contributed by atoms with Crippen LogP contribution in [0.4, 0.5) is 18.9 Å². The Morgan fingerprint density at radius 1 is 1.29 bits per heavy atom. The van der Waals surface area contributed by atoms with Crippen molar-refractivity contribution in [3.8, 4) is 0 Å². The SMILES string of the molecule is O=C1CC2Cc3cc(NC(=O)C(F)(F)F)ccc3C2N=N1. The summed E-state index contributed by atoms with van der Waals surface area (Å²) in [4.78, 5) is 22.2. The molecule has 2 atom stereocenters. The first kappa shape index (κ1) is 13.7. The average Bonchev–Trinajstić information content (AvgIpc) is 2.73. The molecule has 8 heteroatoms. The number of carbonyl (C=O) groups is 2. The van der Waals surface area contributed by atoms with Gasteiger partial charge in [-0.15, -0.1) is 5.11 Å². The minimum atomic E-state index is -4.92. The fourth-order valence-corrected chi connectivity index (χ4v) is 2.73. The van der Waals surface area contributed by atoms with Crippen molar-refractivity contribution < 1.29 is 22.8 Å². The lowest BCUT2D eigenvalue weighted by atomic mass is 9.96. The second-order valence-electron chi connectivity index (χ2n) is 5.09. The summed E-state index contributed by atoms with van der Waals surface area (Å²) in [6.45, 7) is 0. The predicted octanol–water partition coefficient (Wildman–Crippen LogP) is 2.78. The number of hydrogen-bond acceptors (Lipinski definition) is 3. The molecule has 21 heavy (non-hydrogen) atoms. The quantitative estimate of drug-likeness (QED) is 0.865. The van der Waals surface area contributed by atoms with Crippen LogP contribution in [0, 0.1) is 5.92 Å². The van der Waals surface area contributed by atoms with Crippen LogP contribution >= 0.6 is 0 Å². The summed E-state index contributed by atoms with van der Waals surface area (Å²) < 4.78 is 36.6. The summed E-state index contributed by atoms with van der Waals surface area (Å²) in [6, 6.07) is 4.31. The summed E-state index contributed by atoms with van der Waals surface area (Å²) >= 11 is 0. The van der Waals surface area contributed by atoms with Crippen molar-refractivity contribution in [2.24, 2.45) is 16.1 Å². The Bertz CT molecular complexity index is 655. The Hall–Kier alpha value is -2.25. The van der Waals surface area contributed by atoms with Crippen molar-refractivity contribution in [2.75, 3.05) is 5.32 Å². The first-order valence-corrected chi connectivity index (χ1v) is 6.29. The van der Waals surface area contributed by atoms with Gasteiger partial charge in [-0.2, -0.15) is 18.3 Å².